The van der Waals surface area contributed by atoms with Gasteiger partial charge in [-0.25, -0.2) is 9.18 Å². The van der Waals surface area contributed by atoms with Crippen LogP contribution in [0.25, 0.3) is 0 Å². The van der Waals surface area contributed by atoms with Crippen LogP contribution in [0.5, 0.6) is 0 Å². The molecule has 1 saturated heterocycles. The summed E-state index contributed by atoms with van der Waals surface area (Å²) < 4.78 is 13.3. The molecule has 160 valence electrons. The molecule has 0 aliphatic carbocycles. The summed E-state index contributed by atoms with van der Waals surface area (Å²) in [6.45, 7) is 7.50. The summed E-state index contributed by atoms with van der Waals surface area (Å²) >= 11 is 0. The molecule has 3 amide bonds. The number of halogens is 1. The number of rotatable bonds is 6. The summed E-state index contributed by atoms with van der Waals surface area (Å²) in [5, 5.41) is 5.35. The monoisotopic (exact) mass is 412 g/mol. The van der Waals surface area contributed by atoms with E-state index in [2.05, 4.69) is 27.7 Å². The molecule has 1 atom stereocenters. The van der Waals surface area contributed by atoms with Gasteiger partial charge < -0.3 is 15.5 Å². The van der Waals surface area contributed by atoms with Crippen molar-refractivity contribution in [1.82, 2.24) is 15.1 Å². The Morgan fingerprint density at radius 1 is 1.00 bits per heavy atom. The summed E-state index contributed by atoms with van der Waals surface area (Å²) in [7, 11) is 0. The van der Waals surface area contributed by atoms with E-state index in [4.69, 9.17) is 0 Å². The lowest BCUT2D eigenvalue weighted by atomic mass is 10.0. The van der Waals surface area contributed by atoms with Crippen molar-refractivity contribution in [3.8, 4) is 0 Å². The highest BCUT2D eigenvalue weighted by Gasteiger charge is 2.30. The van der Waals surface area contributed by atoms with Crippen molar-refractivity contribution in [2.45, 2.75) is 26.4 Å². The van der Waals surface area contributed by atoms with E-state index < -0.39 is 17.9 Å². The first-order valence-corrected chi connectivity index (χ1v) is 10.3. The van der Waals surface area contributed by atoms with E-state index in [-0.39, 0.29) is 11.8 Å². The fourth-order valence-corrected chi connectivity index (χ4v) is 3.55. The van der Waals surface area contributed by atoms with Crippen LogP contribution in [-0.2, 0) is 11.3 Å². The van der Waals surface area contributed by atoms with E-state index in [1.165, 1.54) is 23.8 Å². The molecule has 30 heavy (non-hydrogen) atoms. The second kappa shape index (κ2) is 10.2. The molecule has 0 bridgehead atoms. The summed E-state index contributed by atoms with van der Waals surface area (Å²) in [4.78, 5) is 29.6. The number of benzene rings is 2. The lowest BCUT2D eigenvalue weighted by Crippen LogP contribution is -2.56. The van der Waals surface area contributed by atoms with Crippen LogP contribution in [0.15, 0.2) is 54.6 Å². The maximum absolute atomic E-state index is 13.3. The fourth-order valence-electron chi connectivity index (χ4n) is 3.55. The number of nitrogens with one attached hydrogen (secondary N) is 2. The van der Waals surface area contributed by atoms with Gasteiger partial charge in [0.05, 0.1) is 0 Å². The van der Waals surface area contributed by atoms with Gasteiger partial charge in [0.15, 0.2) is 0 Å². The van der Waals surface area contributed by atoms with Crippen molar-refractivity contribution in [2.75, 3.05) is 31.5 Å². The van der Waals surface area contributed by atoms with Crippen LogP contribution in [0, 0.1) is 11.7 Å². The third-order valence-corrected chi connectivity index (χ3v) is 5.23. The van der Waals surface area contributed by atoms with Gasteiger partial charge in [-0.2, -0.15) is 0 Å². The molecule has 6 nitrogen and oxygen atoms in total. The Labute approximate surface area is 177 Å². The highest BCUT2D eigenvalue weighted by atomic mass is 19.1. The second-order valence-corrected chi connectivity index (χ2v) is 7.92. The Hall–Kier alpha value is -2.93. The molecule has 3 rings (SSSR count). The molecule has 0 unspecified atom stereocenters. The summed E-state index contributed by atoms with van der Waals surface area (Å²) in [6.07, 6.45) is 0. The van der Waals surface area contributed by atoms with Crippen molar-refractivity contribution in [2.24, 2.45) is 5.92 Å². The van der Waals surface area contributed by atoms with E-state index in [9.17, 15) is 14.0 Å². The van der Waals surface area contributed by atoms with Gasteiger partial charge in [0.25, 0.3) is 0 Å². The zero-order valence-corrected chi connectivity index (χ0v) is 17.5. The Bertz CT molecular complexity index is 851. The van der Waals surface area contributed by atoms with E-state index in [0.717, 1.165) is 19.6 Å². The minimum atomic E-state index is -0.640. The molecule has 2 aromatic carbocycles. The molecule has 1 heterocycles. The van der Waals surface area contributed by atoms with Crippen LogP contribution in [0.3, 0.4) is 0 Å². The topological polar surface area (TPSA) is 64.7 Å². The quantitative estimate of drug-likeness (QED) is 0.765. The third kappa shape index (κ3) is 6.03. The first-order valence-electron chi connectivity index (χ1n) is 10.3. The number of amides is 3. The second-order valence-electron chi connectivity index (χ2n) is 7.92. The van der Waals surface area contributed by atoms with Gasteiger partial charge in [0.2, 0.25) is 5.91 Å². The molecular weight excluding hydrogens is 383 g/mol. The molecule has 2 N–H and O–H groups in total. The van der Waals surface area contributed by atoms with Crippen LogP contribution < -0.4 is 10.6 Å². The minimum absolute atomic E-state index is 0.0712. The van der Waals surface area contributed by atoms with Crippen molar-refractivity contribution >= 4 is 17.6 Å². The summed E-state index contributed by atoms with van der Waals surface area (Å²) in [6, 6.07) is 14.8. The predicted molar refractivity (Wildman–Crippen MR) is 115 cm³/mol. The number of urea groups is 1. The van der Waals surface area contributed by atoms with Crippen molar-refractivity contribution in [3.05, 3.63) is 66.0 Å². The number of hydrogen-bond donors (Lipinski definition) is 2. The summed E-state index contributed by atoms with van der Waals surface area (Å²) in [5.74, 6) is -0.588. The number of piperazine rings is 1. The maximum Gasteiger partial charge on any atom is 0.319 e. The number of hydrogen-bond acceptors (Lipinski definition) is 3. The fraction of sp³-hybridized carbons (Fsp3) is 0.391. The summed E-state index contributed by atoms with van der Waals surface area (Å²) in [5.41, 5.74) is 1.60. The third-order valence-electron chi connectivity index (χ3n) is 5.23. The van der Waals surface area contributed by atoms with E-state index in [1.54, 1.807) is 6.07 Å². The maximum atomic E-state index is 13.3. The highest BCUT2D eigenvalue weighted by Crippen LogP contribution is 2.13. The van der Waals surface area contributed by atoms with Crippen molar-refractivity contribution in [3.63, 3.8) is 0 Å². The predicted octanol–water partition coefficient (Wildman–Crippen LogP) is 3.32. The van der Waals surface area contributed by atoms with E-state index >= 15 is 0 Å². The van der Waals surface area contributed by atoms with Gasteiger partial charge in [-0.3, -0.25) is 9.69 Å². The van der Waals surface area contributed by atoms with Gasteiger partial charge >= 0.3 is 6.03 Å². The Kier molecular flexibility index (Phi) is 7.41. The molecule has 0 spiro atoms. The van der Waals surface area contributed by atoms with Crippen LogP contribution in [0.4, 0.5) is 14.9 Å². The highest BCUT2D eigenvalue weighted by molar-refractivity contribution is 5.93. The molecular formula is C23H29FN4O2. The standard InChI is InChI=1S/C23H29FN4O2/c1-17(2)21(26-23(30)25-20-10-6-9-19(24)15-20)22(29)28-13-11-27(12-14-28)16-18-7-4-3-5-8-18/h3-10,15,17,21H,11-14,16H2,1-2H3,(H2,25,26,30)/t21-/m0/s1. The van der Waals surface area contributed by atoms with Gasteiger partial charge in [-0.05, 0) is 29.7 Å². The zero-order chi connectivity index (χ0) is 21.5. The smallest absolute Gasteiger partial charge is 0.319 e. The van der Waals surface area contributed by atoms with Crippen LogP contribution >= 0.6 is 0 Å². The average Bonchev–Trinajstić information content (AvgIpc) is 2.73. The molecule has 0 saturated carbocycles. The Morgan fingerprint density at radius 2 is 1.70 bits per heavy atom. The number of anilines is 1. The van der Waals surface area contributed by atoms with E-state index in [1.807, 2.05) is 36.9 Å². The largest absolute Gasteiger partial charge is 0.338 e. The van der Waals surface area contributed by atoms with Gasteiger partial charge in [-0.1, -0.05) is 50.2 Å². The first kappa shape index (κ1) is 21.8. The van der Waals surface area contributed by atoms with Gasteiger partial charge in [-0.15, -0.1) is 0 Å². The van der Waals surface area contributed by atoms with Gasteiger partial charge in [0.1, 0.15) is 11.9 Å². The number of carbonyl (C=O) groups is 2. The number of nitrogens with zero attached hydrogens (tertiary/aromatic N) is 2. The minimum Gasteiger partial charge on any atom is -0.338 e. The molecule has 2 aromatic rings. The van der Waals surface area contributed by atoms with Gasteiger partial charge in [0, 0.05) is 38.4 Å². The lowest BCUT2D eigenvalue weighted by molar-refractivity contribution is -0.136. The molecule has 0 aromatic heterocycles. The Morgan fingerprint density at radius 3 is 2.33 bits per heavy atom. The van der Waals surface area contributed by atoms with E-state index in [0.29, 0.717) is 18.8 Å². The molecule has 0 radical (unpaired) electrons. The lowest BCUT2D eigenvalue weighted by Gasteiger charge is -2.37. The van der Waals surface area contributed by atoms with Crippen molar-refractivity contribution < 1.29 is 14.0 Å². The van der Waals surface area contributed by atoms with Crippen LogP contribution in [-0.4, -0.2) is 54.0 Å². The van der Waals surface area contributed by atoms with Crippen LogP contribution in [0.1, 0.15) is 19.4 Å². The normalized spacial score (nSPS) is 15.7. The van der Waals surface area contributed by atoms with Crippen LogP contribution in [0.2, 0.25) is 0 Å². The molecule has 1 fully saturated rings. The van der Waals surface area contributed by atoms with Crippen molar-refractivity contribution in [1.29, 1.82) is 0 Å². The Balaban J connectivity index is 1.53. The molecule has 7 heteroatoms. The molecule has 1 aliphatic heterocycles. The zero-order valence-electron chi connectivity index (χ0n) is 17.5. The average molecular weight is 413 g/mol. The SMILES string of the molecule is CC(C)[C@H](NC(=O)Nc1cccc(F)c1)C(=O)N1CCN(Cc2ccccc2)CC1. The molecule has 1 aliphatic rings. The number of carbonyl (C=O) groups excluding carboxylic acids is 2. The first-order chi connectivity index (χ1) is 14.4.